The highest BCUT2D eigenvalue weighted by molar-refractivity contribution is 6.31. The molecule has 0 aliphatic carbocycles. The first-order valence-corrected chi connectivity index (χ1v) is 7.19. The molecular formula is C16H15ClN2O4. The fraction of sp³-hybridized carbons (Fsp3) is 0.312. The van der Waals surface area contributed by atoms with Crippen molar-refractivity contribution in [1.82, 2.24) is 4.57 Å². The number of carboxylic acid groups (broad SMARTS) is 1. The molecule has 2 rings (SSSR count). The summed E-state index contributed by atoms with van der Waals surface area (Å²) in [6, 6.07) is 6.41. The lowest BCUT2D eigenvalue weighted by Crippen LogP contribution is -2.29. The molecule has 120 valence electrons. The van der Waals surface area contributed by atoms with Crippen LogP contribution in [0.3, 0.4) is 0 Å². The summed E-state index contributed by atoms with van der Waals surface area (Å²) in [4.78, 5) is 24.0. The van der Waals surface area contributed by atoms with Crippen molar-refractivity contribution in [1.29, 1.82) is 5.26 Å². The van der Waals surface area contributed by atoms with Crippen LogP contribution >= 0.6 is 11.6 Å². The molecular weight excluding hydrogens is 320 g/mol. The second kappa shape index (κ2) is 5.94. The standard InChI is InChI=1S/C16H15ClN2O4/c1-16(2,3)23-15(22)19-12(14(20)21)8-10-7-11(17)6-9(4-5-18)13(10)19/h6-8H,4H2,1-3H3,(H,20,21). The lowest BCUT2D eigenvalue weighted by atomic mass is 10.1. The van der Waals surface area contributed by atoms with Gasteiger partial charge in [-0.1, -0.05) is 11.6 Å². The minimum absolute atomic E-state index is 0.0110. The predicted molar refractivity (Wildman–Crippen MR) is 84.9 cm³/mol. The van der Waals surface area contributed by atoms with Crippen LogP contribution in [0, 0.1) is 11.3 Å². The number of carboxylic acids is 1. The summed E-state index contributed by atoms with van der Waals surface area (Å²) in [5.74, 6) is -1.27. The molecule has 6 nitrogen and oxygen atoms in total. The van der Waals surface area contributed by atoms with Gasteiger partial charge >= 0.3 is 12.1 Å². The molecule has 1 aromatic heterocycles. The summed E-state index contributed by atoms with van der Waals surface area (Å²) in [7, 11) is 0. The van der Waals surface area contributed by atoms with Gasteiger partial charge in [-0.05, 0) is 44.5 Å². The van der Waals surface area contributed by atoms with Crippen LogP contribution in [0.15, 0.2) is 18.2 Å². The number of carbonyl (C=O) groups excluding carboxylic acids is 1. The van der Waals surface area contributed by atoms with Crippen LogP contribution < -0.4 is 0 Å². The molecule has 1 aromatic carbocycles. The molecule has 0 aliphatic heterocycles. The normalized spacial score (nSPS) is 11.3. The monoisotopic (exact) mass is 334 g/mol. The Morgan fingerprint density at radius 2 is 2.00 bits per heavy atom. The molecule has 0 unspecified atom stereocenters. The first-order valence-electron chi connectivity index (χ1n) is 6.81. The number of benzene rings is 1. The topological polar surface area (TPSA) is 92.3 Å². The number of hydrogen-bond donors (Lipinski definition) is 1. The maximum Gasteiger partial charge on any atom is 0.419 e. The molecule has 0 fully saturated rings. The van der Waals surface area contributed by atoms with Crippen molar-refractivity contribution >= 4 is 34.6 Å². The smallest absolute Gasteiger partial charge is 0.419 e. The van der Waals surface area contributed by atoms with E-state index in [1.165, 1.54) is 6.07 Å². The van der Waals surface area contributed by atoms with Gasteiger partial charge in [0.2, 0.25) is 0 Å². The van der Waals surface area contributed by atoms with E-state index in [0.717, 1.165) is 4.57 Å². The third-order valence-electron chi connectivity index (χ3n) is 3.00. The number of fused-ring (bicyclic) bond motifs is 1. The van der Waals surface area contributed by atoms with Crippen LogP contribution in [0.25, 0.3) is 10.9 Å². The lowest BCUT2D eigenvalue weighted by molar-refractivity contribution is 0.0512. The highest BCUT2D eigenvalue weighted by Gasteiger charge is 2.26. The van der Waals surface area contributed by atoms with Crippen LogP contribution in [0.1, 0.15) is 36.8 Å². The summed E-state index contributed by atoms with van der Waals surface area (Å²) < 4.78 is 6.27. The fourth-order valence-electron chi connectivity index (χ4n) is 2.27. The predicted octanol–water partition coefficient (Wildman–Crippen LogP) is 3.84. The Balaban J connectivity index is 2.78. The van der Waals surface area contributed by atoms with E-state index >= 15 is 0 Å². The highest BCUT2D eigenvalue weighted by atomic mass is 35.5. The number of hydrogen-bond acceptors (Lipinski definition) is 4. The Kier molecular flexibility index (Phi) is 4.35. The van der Waals surface area contributed by atoms with Crippen LogP contribution in [0.2, 0.25) is 5.02 Å². The quantitative estimate of drug-likeness (QED) is 0.900. The van der Waals surface area contributed by atoms with Crippen LogP contribution in [-0.2, 0) is 11.2 Å². The van der Waals surface area contributed by atoms with Gasteiger partial charge in [-0.15, -0.1) is 0 Å². The first kappa shape index (κ1) is 16.8. The molecule has 1 heterocycles. The third-order valence-corrected chi connectivity index (χ3v) is 3.22. The molecule has 0 radical (unpaired) electrons. The van der Waals surface area contributed by atoms with Crippen molar-refractivity contribution in [3.05, 3.63) is 34.5 Å². The zero-order chi connectivity index (χ0) is 17.4. The van der Waals surface area contributed by atoms with Gasteiger partial charge in [0.05, 0.1) is 18.0 Å². The van der Waals surface area contributed by atoms with Crippen LogP contribution in [0.4, 0.5) is 4.79 Å². The Bertz CT molecular complexity index is 840. The SMILES string of the molecule is CC(C)(C)OC(=O)n1c(C(=O)O)cc2cc(Cl)cc(CC#N)c21. The van der Waals surface area contributed by atoms with E-state index in [1.54, 1.807) is 32.9 Å². The Morgan fingerprint density at radius 1 is 1.35 bits per heavy atom. The second-order valence-corrected chi connectivity index (χ2v) is 6.42. The molecule has 0 bridgehead atoms. The van der Waals surface area contributed by atoms with Crippen molar-refractivity contribution in [2.75, 3.05) is 0 Å². The summed E-state index contributed by atoms with van der Waals surface area (Å²) in [5.41, 5.74) is -0.239. The average molecular weight is 335 g/mol. The number of nitriles is 1. The second-order valence-electron chi connectivity index (χ2n) is 5.99. The average Bonchev–Trinajstić information content (AvgIpc) is 2.76. The van der Waals surface area contributed by atoms with E-state index in [1.807, 2.05) is 6.07 Å². The van der Waals surface area contributed by atoms with E-state index in [0.29, 0.717) is 21.5 Å². The molecule has 0 saturated carbocycles. The van der Waals surface area contributed by atoms with Gasteiger partial charge in [-0.2, -0.15) is 5.26 Å². The molecule has 1 N–H and O–H groups in total. The van der Waals surface area contributed by atoms with Crippen molar-refractivity contribution < 1.29 is 19.4 Å². The molecule has 23 heavy (non-hydrogen) atoms. The van der Waals surface area contributed by atoms with E-state index in [2.05, 4.69) is 0 Å². The number of carbonyl (C=O) groups is 2. The lowest BCUT2D eigenvalue weighted by Gasteiger charge is -2.20. The van der Waals surface area contributed by atoms with Crippen molar-refractivity contribution in [2.24, 2.45) is 0 Å². The van der Waals surface area contributed by atoms with Gasteiger partial charge in [0, 0.05) is 10.4 Å². The number of aromatic nitrogens is 1. The van der Waals surface area contributed by atoms with Crippen LogP contribution in [0.5, 0.6) is 0 Å². The number of nitrogens with zero attached hydrogens (tertiary/aromatic N) is 2. The zero-order valence-corrected chi connectivity index (χ0v) is 13.6. The number of ether oxygens (including phenoxy) is 1. The van der Waals surface area contributed by atoms with Gasteiger partial charge in [0.25, 0.3) is 0 Å². The minimum atomic E-state index is -1.27. The molecule has 0 saturated heterocycles. The number of halogens is 1. The molecule has 0 aliphatic rings. The molecule has 2 aromatic rings. The van der Waals surface area contributed by atoms with Gasteiger partial charge in [-0.25, -0.2) is 14.2 Å². The van der Waals surface area contributed by atoms with Crippen molar-refractivity contribution in [3.63, 3.8) is 0 Å². The summed E-state index contributed by atoms with van der Waals surface area (Å²) in [6.45, 7) is 5.05. The van der Waals surface area contributed by atoms with Gasteiger partial charge in [0.1, 0.15) is 11.3 Å². The zero-order valence-electron chi connectivity index (χ0n) is 12.9. The summed E-state index contributed by atoms with van der Waals surface area (Å²) in [6.07, 6.45) is -0.824. The summed E-state index contributed by atoms with van der Waals surface area (Å²) in [5, 5.41) is 19.2. The largest absolute Gasteiger partial charge is 0.477 e. The first-order chi connectivity index (χ1) is 10.6. The fourth-order valence-corrected chi connectivity index (χ4v) is 2.52. The Morgan fingerprint density at radius 3 is 2.52 bits per heavy atom. The Hall–Kier alpha value is -2.52. The highest BCUT2D eigenvalue weighted by Crippen LogP contribution is 2.29. The van der Waals surface area contributed by atoms with E-state index in [9.17, 15) is 14.7 Å². The van der Waals surface area contributed by atoms with Gasteiger partial charge in [-0.3, -0.25) is 0 Å². The molecule has 0 atom stereocenters. The van der Waals surface area contributed by atoms with E-state index < -0.39 is 17.7 Å². The maximum absolute atomic E-state index is 12.5. The molecule has 7 heteroatoms. The molecule has 0 spiro atoms. The number of aromatic carboxylic acids is 1. The number of rotatable bonds is 2. The van der Waals surface area contributed by atoms with Crippen LogP contribution in [-0.4, -0.2) is 27.3 Å². The third kappa shape index (κ3) is 3.46. The minimum Gasteiger partial charge on any atom is -0.477 e. The van der Waals surface area contributed by atoms with E-state index in [4.69, 9.17) is 21.6 Å². The van der Waals surface area contributed by atoms with E-state index in [-0.39, 0.29) is 12.1 Å². The maximum atomic E-state index is 12.5. The molecule has 0 amide bonds. The Labute approximate surface area is 137 Å². The van der Waals surface area contributed by atoms with Crippen molar-refractivity contribution in [2.45, 2.75) is 32.8 Å². The summed E-state index contributed by atoms with van der Waals surface area (Å²) >= 11 is 6.00. The van der Waals surface area contributed by atoms with Gasteiger partial charge < -0.3 is 9.84 Å². The van der Waals surface area contributed by atoms with Crippen molar-refractivity contribution in [3.8, 4) is 6.07 Å². The van der Waals surface area contributed by atoms with Gasteiger partial charge in [0.15, 0.2) is 0 Å².